The van der Waals surface area contributed by atoms with Crippen LogP contribution in [0.4, 0.5) is 0 Å². The molecule has 0 aliphatic rings. The van der Waals surface area contributed by atoms with Crippen LogP contribution in [0.25, 0.3) is 0 Å². The van der Waals surface area contributed by atoms with E-state index in [-0.39, 0.29) is 6.10 Å². The average Bonchev–Trinajstić information content (AvgIpc) is 1.97. The van der Waals surface area contributed by atoms with Crippen molar-refractivity contribution in [1.29, 1.82) is 0 Å². The fraction of sp³-hybridized carbons (Fsp3) is 1.00. The van der Waals surface area contributed by atoms with Crippen LogP contribution < -0.4 is 0 Å². The smallest absolute Gasteiger partial charge is 0.0514 e. The van der Waals surface area contributed by atoms with Crippen LogP contribution in [0.2, 0.25) is 0 Å². The topological polar surface area (TPSA) is 20.2 Å². The molecule has 0 aliphatic heterocycles. The van der Waals surface area contributed by atoms with Gasteiger partial charge in [0.05, 0.1) is 6.10 Å². The molecule has 1 heteroatoms. The second-order valence-electron chi connectivity index (χ2n) is 3.50. The van der Waals surface area contributed by atoms with Gasteiger partial charge in [0.15, 0.2) is 0 Å². The molecule has 11 heavy (non-hydrogen) atoms. The zero-order valence-electron chi connectivity index (χ0n) is 8.14. The van der Waals surface area contributed by atoms with Gasteiger partial charge in [0.1, 0.15) is 0 Å². The van der Waals surface area contributed by atoms with Crippen LogP contribution in [0.1, 0.15) is 52.9 Å². The van der Waals surface area contributed by atoms with Crippen molar-refractivity contribution in [2.45, 2.75) is 59.0 Å². The fourth-order valence-corrected chi connectivity index (χ4v) is 1.46. The van der Waals surface area contributed by atoms with Gasteiger partial charge in [-0.15, -0.1) is 0 Å². The van der Waals surface area contributed by atoms with Crippen molar-refractivity contribution in [3.63, 3.8) is 0 Å². The van der Waals surface area contributed by atoms with Crippen molar-refractivity contribution in [3.05, 3.63) is 0 Å². The molecule has 0 aliphatic carbocycles. The highest BCUT2D eigenvalue weighted by Crippen LogP contribution is 2.17. The van der Waals surface area contributed by atoms with E-state index < -0.39 is 0 Å². The van der Waals surface area contributed by atoms with Gasteiger partial charge in [-0.1, -0.05) is 39.5 Å². The van der Waals surface area contributed by atoms with E-state index in [1.54, 1.807) is 0 Å². The van der Waals surface area contributed by atoms with E-state index in [0.29, 0.717) is 0 Å². The molecule has 0 amide bonds. The lowest BCUT2D eigenvalue weighted by Crippen LogP contribution is -2.09. The molecule has 0 radical (unpaired) electrons. The van der Waals surface area contributed by atoms with Crippen molar-refractivity contribution < 1.29 is 5.11 Å². The molecule has 0 bridgehead atoms. The molecule has 0 heterocycles. The highest BCUT2D eigenvalue weighted by molar-refractivity contribution is 4.60. The maximum atomic E-state index is 9.15. The largest absolute Gasteiger partial charge is 0.393 e. The Morgan fingerprint density at radius 2 is 1.91 bits per heavy atom. The third kappa shape index (κ3) is 6.36. The number of unbranched alkanes of at least 4 members (excludes halogenated alkanes) is 1. The normalized spacial score (nSPS) is 16.4. The van der Waals surface area contributed by atoms with E-state index in [2.05, 4.69) is 13.8 Å². The molecule has 0 aromatic rings. The van der Waals surface area contributed by atoms with E-state index >= 15 is 0 Å². The summed E-state index contributed by atoms with van der Waals surface area (Å²) < 4.78 is 0. The minimum atomic E-state index is -0.114. The molecular weight excluding hydrogens is 136 g/mol. The van der Waals surface area contributed by atoms with E-state index in [9.17, 15) is 0 Å². The lowest BCUT2D eigenvalue weighted by Gasteiger charge is -2.15. The van der Waals surface area contributed by atoms with Crippen LogP contribution >= 0.6 is 0 Å². The third-order valence-corrected chi connectivity index (χ3v) is 2.22. The molecule has 0 saturated carbocycles. The first-order valence-corrected chi connectivity index (χ1v) is 4.88. The van der Waals surface area contributed by atoms with Crippen molar-refractivity contribution >= 4 is 0 Å². The summed E-state index contributed by atoms with van der Waals surface area (Å²) in [5.41, 5.74) is 0. The van der Waals surface area contributed by atoms with E-state index in [1.165, 1.54) is 25.7 Å². The Kier molecular flexibility index (Phi) is 6.63. The molecule has 0 fully saturated rings. The molecule has 0 unspecified atom stereocenters. The molecule has 0 spiro atoms. The molecule has 68 valence electrons. The number of rotatable bonds is 6. The zero-order chi connectivity index (χ0) is 8.69. The molecule has 0 saturated heterocycles. The predicted octanol–water partition coefficient (Wildman–Crippen LogP) is 2.97. The molecule has 1 nitrogen and oxygen atoms in total. The molecule has 0 aromatic heterocycles. The lowest BCUT2D eigenvalue weighted by molar-refractivity contribution is 0.155. The molecular formula is C10H22O. The quantitative estimate of drug-likeness (QED) is 0.630. The summed E-state index contributed by atoms with van der Waals surface area (Å²) >= 11 is 0. The Balaban J connectivity index is 3.41. The molecule has 2 atom stereocenters. The number of hydrogen-bond acceptors (Lipinski definition) is 1. The Bertz CT molecular complexity index is 78.9. The van der Waals surface area contributed by atoms with Gasteiger partial charge >= 0.3 is 0 Å². The van der Waals surface area contributed by atoms with Crippen LogP contribution in [0.5, 0.6) is 0 Å². The Labute approximate surface area is 70.8 Å². The van der Waals surface area contributed by atoms with Gasteiger partial charge in [0.25, 0.3) is 0 Å². The van der Waals surface area contributed by atoms with E-state index in [4.69, 9.17) is 5.11 Å². The lowest BCUT2D eigenvalue weighted by atomic mass is 9.94. The highest BCUT2D eigenvalue weighted by Gasteiger charge is 2.08. The van der Waals surface area contributed by atoms with Crippen LogP contribution in [0.3, 0.4) is 0 Å². The maximum Gasteiger partial charge on any atom is 0.0514 e. The summed E-state index contributed by atoms with van der Waals surface area (Å²) in [6.45, 7) is 6.31. The number of aliphatic hydroxyl groups excluding tert-OH is 1. The van der Waals surface area contributed by atoms with Gasteiger partial charge in [0, 0.05) is 0 Å². The van der Waals surface area contributed by atoms with Crippen molar-refractivity contribution in [2.24, 2.45) is 5.92 Å². The SMILES string of the molecule is CCCC[C@H](CC)C[C@@H](C)O. The van der Waals surface area contributed by atoms with Crippen molar-refractivity contribution in [2.75, 3.05) is 0 Å². The van der Waals surface area contributed by atoms with Gasteiger partial charge in [-0.3, -0.25) is 0 Å². The fourth-order valence-electron chi connectivity index (χ4n) is 1.46. The first-order valence-electron chi connectivity index (χ1n) is 4.88. The first-order chi connectivity index (χ1) is 5.20. The molecule has 1 N–H and O–H groups in total. The highest BCUT2D eigenvalue weighted by atomic mass is 16.3. The average molecular weight is 158 g/mol. The standard InChI is InChI=1S/C10H22O/c1-4-6-7-10(5-2)8-9(3)11/h9-11H,4-8H2,1-3H3/t9-,10+/m1/s1. The Hall–Kier alpha value is -0.0400. The summed E-state index contributed by atoms with van der Waals surface area (Å²) in [6.07, 6.45) is 5.96. The molecule has 0 rings (SSSR count). The van der Waals surface area contributed by atoms with Gasteiger partial charge in [-0.25, -0.2) is 0 Å². The van der Waals surface area contributed by atoms with Crippen molar-refractivity contribution in [1.82, 2.24) is 0 Å². The van der Waals surface area contributed by atoms with Crippen LogP contribution in [-0.2, 0) is 0 Å². The summed E-state index contributed by atoms with van der Waals surface area (Å²) in [6, 6.07) is 0. The zero-order valence-corrected chi connectivity index (χ0v) is 8.14. The monoisotopic (exact) mass is 158 g/mol. The summed E-state index contributed by atoms with van der Waals surface area (Å²) in [5.74, 6) is 0.745. The second kappa shape index (κ2) is 6.66. The van der Waals surface area contributed by atoms with Crippen molar-refractivity contribution in [3.8, 4) is 0 Å². The maximum absolute atomic E-state index is 9.15. The Morgan fingerprint density at radius 1 is 1.27 bits per heavy atom. The van der Waals surface area contributed by atoms with Gasteiger partial charge in [-0.05, 0) is 19.3 Å². The first kappa shape index (κ1) is 11.0. The van der Waals surface area contributed by atoms with Crippen LogP contribution in [0.15, 0.2) is 0 Å². The molecule has 0 aromatic carbocycles. The second-order valence-corrected chi connectivity index (χ2v) is 3.50. The number of aliphatic hydroxyl groups is 1. The summed E-state index contributed by atoms with van der Waals surface area (Å²) in [4.78, 5) is 0. The van der Waals surface area contributed by atoms with Gasteiger partial charge in [0.2, 0.25) is 0 Å². The third-order valence-electron chi connectivity index (χ3n) is 2.22. The van der Waals surface area contributed by atoms with Gasteiger partial charge < -0.3 is 5.11 Å². The summed E-state index contributed by atoms with van der Waals surface area (Å²) in [5, 5.41) is 9.15. The summed E-state index contributed by atoms with van der Waals surface area (Å²) in [7, 11) is 0. The Morgan fingerprint density at radius 3 is 2.27 bits per heavy atom. The minimum absolute atomic E-state index is 0.114. The number of hydrogen-bond donors (Lipinski definition) is 1. The van der Waals surface area contributed by atoms with Crippen LogP contribution in [0, 0.1) is 5.92 Å². The van der Waals surface area contributed by atoms with E-state index in [1.807, 2.05) is 6.92 Å². The predicted molar refractivity (Wildman–Crippen MR) is 49.6 cm³/mol. The minimum Gasteiger partial charge on any atom is -0.393 e. The van der Waals surface area contributed by atoms with E-state index in [0.717, 1.165) is 12.3 Å². The van der Waals surface area contributed by atoms with Crippen LogP contribution in [-0.4, -0.2) is 11.2 Å². The van der Waals surface area contributed by atoms with Gasteiger partial charge in [-0.2, -0.15) is 0 Å².